The third kappa shape index (κ3) is 7.10. The summed E-state index contributed by atoms with van der Waals surface area (Å²) in [6.07, 6.45) is -5.86. The van der Waals surface area contributed by atoms with Gasteiger partial charge in [-0.15, -0.1) is 0 Å². The van der Waals surface area contributed by atoms with Gasteiger partial charge in [-0.3, -0.25) is 23.5 Å². The van der Waals surface area contributed by atoms with Crippen LogP contribution in [0.4, 0.5) is 0 Å². The van der Waals surface area contributed by atoms with Crippen molar-refractivity contribution in [1.82, 2.24) is 9.55 Å². The first kappa shape index (κ1) is 28.6. The Morgan fingerprint density at radius 3 is 2.25 bits per heavy atom. The first-order chi connectivity index (χ1) is 11.8. The minimum atomic E-state index is -5.78. The molecule has 0 spiro atoms. The quantitative estimate of drug-likeness (QED) is 0.194. The van der Waals surface area contributed by atoms with Gasteiger partial charge in [-0.25, -0.2) is 9.11 Å². The fourth-order valence-corrected chi connectivity index (χ4v) is 3.61. The Morgan fingerprint density at radius 1 is 1.21 bits per heavy atom. The van der Waals surface area contributed by atoms with Gasteiger partial charge < -0.3 is 39.3 Å². The van der Waals surface area contributed by atoms with Crippen LogP contribution in [0.25, 0.3) is 0 Å². The molecule has 0 amide bonds. The van der Waals surface area contributed by atoms with Gasteiger partial charge >= 0.3 is 72.6 Å². The van der Waals surface area contributed by atoms with E-state index in [-0.39, 0.29) is 59.1 Å². The van der Waals surface area contributed by atoms with Gasteiger partial charge in [0.15, 0.2) is 6.23 Å². The number of ether oxygens (including phenoxy) is 1. The maximum Gasteiger partial charge on any atom is 1.00 e. The van der Waals surface area contributed by atoms with Gasteiger partial charge in [0.2, 0.25) is 5.75 Å². The summed E-state index contributed by atoms with van der Waals surface area (Å²) in [6, 6.07) is 0. The van der Waals surface area contributed by atoms with Crippen LogP contribution in [0.2, 0.25) is 0 Å². The van der Waals surface area contributed by atoms with Crippen LogP contribution in [-0.4, -0.2) is 54.7 Å². The molecule has 1 saturated heterocycles. The molecule has 0 aliphatic carbocycles. The van der Waals surface area contributed by atoms with Gasteiger partial charge in [-0.05, 0) is 0 Å². The van der Waals surface area contributed by atoms with Crippen LogP contribution in [0.3, 0.4) is 0 Å². The van der Waals surface area contributed by atoms with E-state index in [0.717, 1.165) is 0 Å². The molecule has 15 nitrogen and oxygen atoms in total. The molecule has 28 heavy (non-hydrogen) atoms. The molecular weight excluding hydrogens is 452 g/mol. The fraction of sp³-hybridized carbons (Fsp3) is 0.556. The topological polar surface area (TPSA) is 244 Å². The average molecular weight is 464 g/mol. The monoisotopic (exact) mass is 464 g/mol. The molecular formula is C9H12N2Na2O13P2. The van der Waals surface area contributed by atoms with Crippen molar-refractivity contribution >= 4 is 15.6 Å². The molecule has 148 valence electrons. The zero-order valence-corrected chi connectivity index (χ0v) is 20.2. The summed E-state index contributed by atoms with van der Waals surface area (Å²) >= 11 is 0. The van der Waals surface area contributed by atoms with Crippen molar-refractivity contribution in [2.75, 3.05) is 6.61 Å². The summed E-state index contributed by atoms with van der Waals surface area (Å²) in [7, 11) is -11.5. The Hall–Kier alpha value is 0.620. The fourth-order valence-electron chi connectivity index (χ4n) is 2.09. The van der Waals surface area contributed by atoms with Crippen LogP contribution >= 0.6 is 15.6 Å². The molecule has 2 unspecified atom stereocenters. The van der Waals surface area contributed by atoms with E-state index in [0.29, 0.717) is 10.8 Å². The number of nitrogens with one attached hydrogen (secondary N) is 1. The molecule has 2 rings (SSSR count). The van der Waals surface area contributed by atoms with Crippen molar-refractivity contribution in [1.29, 1.82) is 0 Å². The summed E-state index contributed by atoms with van der Waals surface area (Å²) in [6.45, 7) is -0.727. The number of hydrogen-bond donors (Lipinski definition) is 5. The zero-order valence-electron chi connectivity index (χ0n) is 14.4. The molecule has 1 aliphatic rings. The predicted molar refractivity (Wildman–Crippen MR) is 73.5 cm³/mol. The molecule has 19 heteroatoms. The number of hydrogen-bond acceptors (Lipinski definition) is 12. The zero-order chi connectivity index (χ0) is 19.9. The number of nitrogens with zero attached hydrogens (tertiary/aromatic N) is 1. The minimum Gasteiger partial charge on any atom is -0.756 e. The van der Waals surface area contributed by atoms with Crippen molar-refractivity contribution < 1.29 is 112 Å². The van der Waals surface area contributed by atoms with Gasteiger partial charge in [0, 0.05) is 0 Å². The maximum atomic E-state index is 11.8. The van der Waals surface area contributed by atoms with Gasteiger partial charge in [0.25, 0.3) is 13.4 Å². The summed E-state index contributed by atoms with van der Waals surface area (Å²) in [5, 5.41) is 28.5. The van der Waals surface area contributed by atoms with E-state index in [1.165, 1.54) is 0 Å². The number of aromatic amines is 1. The van der Waals surface area contributed by atoms with E-state index < -0.39 is 63.8 Å². The molecule has 6 atom stereocenters. The molecule has 2 heterocycles. The van der Waals surface area contributed by atoms with Crippen LogP contribution in [0.5, 0.6) is 5.75 Å². The van der Waals surface area contributed by atoms with E-state index in [4.69, 9.17) is 14.7 Å². The van der Waals surface area contributed by atoms with Crippen molar-refractivity contribution in [3.63, 3.8) is 0 Å². The largest absolute Gasteiger partial charge is 1.00 e. The van der Waals surface area contributed by atoms with Crippen LogP contribution in [0, 0.1) is 0 Å². The number of phosphoric ester groups is 1. The maximum absolute atomic E-state index is 11.8. The molecule has 0 bridgehead atoms. The van der Waals surface area contributed by atoms with Crippen molar-refractivity contribution in [2.45, 2.75) is 24.5 Å². The summed E-state index contributed by atoms with van der Waals surface area (Å²) in [4.78, 5) is 55.2. The summed E-state index contributed by atoms with van der Waals surface area (Å²) in [5.41, 5.74) is -2.63. The van der Waals surface area contributed by atoms with Crippen LogP contribution < -0.4 is 84.7 Å². The van der Waals surface area contributed by atoms with E-state index in [1.807, 2.05) is 0 Å². The van der Waals surface area contributed by atoms with E-state index in [2.05, 4.69) is 8.83 Å². The molecule has 5 N–H and O–H groups in total. The van der Waals surface area contributed by atoms with Gasteiger partial charge in [0.05, 0.1) is 12.8 Å². The minimum absolute atomic E-state index is 0. The smallest absolute Gasteiger partial charge is 0.756 e. The molecule has 1 aliphatic heterocycles. The number of H-pyrrole nitrogens is 1. The van der Waals surface area contributed by atoms with Gasteiger partial charge in [-0.2, -0.15) is 0 Å². The van der Waals surface area contributed by atoms with Crippen molar-refractivity contribution in [3.05, 3.63) is 27.0 Å². The number of aliphatic hydroxyl groups is 3. The Morgan fingerprint density at radius 2 is 1.79 bits per heavy atom. The summed E-state index contributed by atoms with van der Waals surface area (Å²) < 4.78 is 34.6. The van der Waals surface area contributed by atoms with Crippen LogP contribution in [0.1, 0.15) is 6.23 Å². The standard InChI is InChI=1S/C9H14N2O13P2.2Na/c12-2-4-5(13)6(14)8(22-4)11-1-3(7(15)10-9(11)16)23-26(20,21)24-25(17,18)19;;/h1,4-6,8,12-14H,2H2,(H,20,21)(H,10,15,16)(H2,17,18,19);;/q;2*+1/p-2/t4-,5-,6-,8-;;/m1../s1. The molecule has 0 saturated carbocycles. The molecule has 1 aromatic heterocycles. The van der Waals surface area contributed by atoms with Crippen molar-refractivity contribution in [3.8, 4) is 5.75 Å². The Balaban J connectivity index is 0.00000364. The van der Waals surface area contributed by atoms with Crippen molar-refractivity contribution in [2.24, 2.45) is 0 Å². The molecule has 1 aromatic rings. The normalized spacial score (nSPS) is 28.4. The van der Waals surface area contributed by atoms with Gasteiger partial charge in [-0.1, -0.05) is 0 Å². The van der Waals surface area contributed by atoms with Gasteiger partial charge in [0.1, 0.15) is 18.3 Å². The number of phosphoric acid groups is 2. The second-order valence-electron chi connectivity index (χ2n) is 4.98. The SMILES string of the molecule is O=c1[nH]c(=O)n([C@@H]2O[C@H](CO)[C@@H](O)[C@H]2O)cc1OP(=O)([O-])OP(=O)([O-])O.[Na+].[Na+]. The van der Waals surface area contributed by atoms with E-state index in [1.54, 1.807) is 4.98 Å². The molecule has 1 fully saturated rings. The Bertz CT molecular complexity index is 883. The van der Waals surface area contributed by atoms with Crippen LogP contribution in [0.15, 0.2) is 15.8 Å². The number of aliphatic hydroxyl groups excluding tert-OH is 3. The molecule has 0 radical (unpaired) electrons. The van der Waals surface area contributed by atoms with E-state index in [9.17, 15) is 38.7 Å². The number of aromatic nitrogens is 2. The third-order valence-electron chi connectivity index (χ3n) is 3.14. The first-order valence-corrected chi connectivity index (χ1v) is 9.54. The molecule has 0 aromatic carbocycles. The van der Waals surface area contributed by atoms with Crippen LogP contribution in [-0.2, 0) is 18.2 Å². The average Bonchev–Trinajstić information content (AvgIpc) is 2.75. The van der Waals surface area contributed by atoms with E-state index >= 15 is 0 Å². The number of rotatable bonds is 6. The second kappa shape index (κ2) is 10.8. The predicted octanol–water partition coefficient (Wildman–Crippen LogP) is -10.5. The summed E-state index contributed by atoms with van der Waals surface area (Å²) in [5.74, 6) is -1.17. The first-order valence-electron chi connectivity index (χ1n) is 6.58. The Kier molecular flexibility index (Phi) is 11.0. The Labute approximate surface area is 199 Å². The second-order valence-corrected chi connectivity index (χ2v) is 7.64. The third-order valence-corrected chi connectivity index (χ3v) is 5.19.